The maximum atomic E-state index is 13.6. The number of carbonyl (C=O) groups excluding carboxylic acids is 2. The van der Waals surface area contributed by atoms with Crippen LogP contribution in [0.1, 0.15) is 52.6 Å². The van der Waals surface area contributed by atoms with Gasteiger partial charge >= 0.3 is 0 Å². The summed E-state index contributed by atoms with van der Waals surface area (Å²) in [7, 11) is 0. The van der Waals surface area contributed by atoms with Crippen molar-refractivity contribution in [3.05, 3.63) is 70.9 Å². The minimum atomic E-state index is -0.595. The summed E-state index contributed by atoms with van der Waals surface area (Å²) >= 11 is 0. The fourth-order valence-corrected chi connectivity index (χ4v) is 4.23. The number of pyridine rings is 2. The molecule has 31 heavy (non-hydrogen) atoms. The Morgan fingerprint density at radius 2 is 2.03 bits per heavy atom. The first kappa shape index (κ1) is 20.9. The number of aryl methyl sites for hydroxylation is 2. The van der Waals surface area contributed by atoms with Crippen LogP contribution in [0.25, 0.3) is 10.9 Å². The topological polar surface area (TPSA) is 89.2 Å². The lowest BCUT2D eigenvalue weighted by molar-refractivity contribution is -0.132. The fourth-order valence-electron chi connectivity index (χ4n) is 4.23. The van der Waals surface area contributed by atoms with E-state index < -0.39 is 11.7 Å². The van der Waals surface area contributed by atoms with Crippen LogP contribution in [0.2, 0.25) is 0 Å². The summed E-state index contributed by atoms with van der Waals surface area (Å²) in [6, 6.07) is 11.7. The summed E-state index contributed by atoms with van der Waals surface area (Å²) < 4.78 is 13.6. The lowest BCUT2D eigenvalue weighted by atomic mass is 9.90. The van der Waals surface area contributed by atoms with Crippen LogP contribution in [0.5, 0.6) is 0 Å². The Kier molecular flexibility index (Phi) is 5.93. The standard InChI is InChI=1S/C24H25FN4O2/c1-15-4-2-6-19(27-15)8-10-22(30)29-11-3-5-16(14-29)23-20(24(26)31)13-17-12-18(25)7-9-21(17)28-23/h2,4,6-7,9,12-13,16H,3,5,8,10-11,14H2,1H3,(H2,26,31). The Bertz CT molecular complexity index is 1150. The first-order valence-corrected chi connectivity index (χ1v) is 10.5. The number of hydrogen-bond acceptors (Lipinski definition) is 4. The zero-order valence-electron chi connectivity index (χ0n) is 17.5. The molecular weight excluding hydrogens is 395 g/mol. The monoisotopic (exact) mass is 420 g/mol. The van der Waals surface area contributed by atoms with E-state index in [1.54, 1.807) is 12.1 Å². The number of likely N-dealkylation sites (tertiary alicyclic amines) is 1. The SMILES string of the molecule is Cc1cccc(CCC(=O)N2CCCC(c3nc4ccc(F)cc4cc3C(N)=O)C2)n1. The van der Waals surface area contributed by atoms with Gasteiger partial charge in [0.2, 0.25) is 5.91 Å². The summed E-state index contributed by atoms with van der Waals surface area (Å²) in [5.41, 5.74) is 8.93. The Labute approximate surface area is 180 Å². The van der Waals surface area contributed by atoms with Crippen molar-refractivity contribution in [1.82, 2.24) is 14.9 Å². The molecule has 160 valence electrons. The highest BCUT2D eigenvalue weighted by atomic mass is 19.1. The van der Waals surface area contributed by atoms with Crippen molar-refractivity contribution >= 4 is 22.7 Å². The highest BCUT2D eigenvalue weighted by molar-refractivity contribution is 5.97. The van der Waals surface area contributed by atoms with Gasteiger partial charge in [0.25, 0.3) is 5.91 Å². The maximum absolute atomic E-state index is 13.6. The number of nitrogens with two attached hydrogens (primary N) is 1. The second-order valence-corrected chi connectivity index (χ2v) is 8.07. The van der Waals surface area contributed by atoms with Crippen LogP contribution in [-0.2, 0) is 11.2 Å². The van der Waals surface area contributed by atoms with E-state index in [0.29, 0.717) is 48.1 Å². The van der Waals surface area contributed by atoms with Crippen molar-refractivity contribution in [2.24, 2.45) is 5.73 Å². The van der Waals surface area contributed by atoms with Crippen molar-refractivity contribution in [1.29, 1.82) is 0 Å². The van der Waals surface area contributed by atoms with E-state index >= 15 is 0 Å². The highest BCUT2D eigenvalue weighted by Gasteiger charge is 2.28. The number of fused-ring (bicyclic) bond motifs is 1. The van der Waals surface area contributed by atoms with Gasteiger partial charge in [0.15, 0.2) is 0 Å². The Balaban J connectivity index is 1.53. The van der Waals surface area contributed by atoms with Gasteiger partial charge in [-0.15, -0.1) is 0 Å². The van der Waals surface area contributed by atoms with Crippen LogP contribution in [0, 0.1) is 12.7 Å². The van der Waals surface area contributed by atoms with Gasteiger partial charge in [0, 0.05) is 42.2 Å². The Hall–Kier alpha value is -3.35. The molecule has 1 unspecified atom stereocenters. The fraction of sp³-hybridized carbons (Fsp3) is 0.333. The van der Waals surface area contributed by atoms with E-state index in [2.05, 4.69) is 9.97 Å². The van der Waals surface area contributed by atoms with E-state index in [0.717, 1.165) is 24.2 Å². The first-order chi connectivity index (χ1) is 14.9. The van der Waals surface area contributed by atoms with Gasteiger partial charge in [-0.3, -0.25) is 19.6 Å². The normalized spacial score (nSPS) is 16.5. The number of benzene rings is 1. The zero-order chi connectivity index (χ0) is 22.0. The molecule has 3 heterocycles. The molecule has 1 aromatic carbocycles. The molecule has 4 rings (SSSR count). The number of nitrogens with zero attached hydrogens (tertiary/aromatic N) is 3. The number of primary amides is 1. The number of amides is 2. The third-order valence-corrected chi connectivity index (χ3v) is 5.77. The molecule has 2 N–H and O–H groups in total. The molecule has 0 aliphatic carbocycles. The molecule has 1 atom stereocenters. The van der Waals surface area contributed by atoms with Gasteiger partial charge in [-0.05, 0) is 62.6 Å². The molecule has 2 amide bonds. The number of carbonyl (C=O) groups is 2. The molecule has 1 aliphatic rings. The first-order valence-electron chi connectivity index (χ1n) is 10.5. The summed E-state index contributed by atoms with van der Waals surface area (Å²) in [5, 5.41) is 0.534. The quantitative estimate of drug-likeness (QED) is 0.684. The van der Waals surface area contributed by atoms with Crippen molar-refractivity contribution in [3.63, 3.8) is 0 Å². The van der Waals surface area contributed by atoms with E-state index in [-0.39, 0.29) is 11.8 Å². The van der Waals surface area contributed by atoms with Gasteiger partial charge in [0.05, 0.1) is 16.8 Å². The highest BCUT2D eigenvalue weighted by Crippen LogP contribution is 2.30. The smallest absolute Gasteiger partial charge is 0.250 e. The van der Waals surface area contributed by atoms with Gasteiger partial charge < -0.3 is 10.6 Å². The number of aromatic nitrogens is 2. The molecule has 7 heteroatoms. The van der Waals surface area contributed by atoms with Crippen LogP contribution in [0.15, 0.2) is 42.5 Å². The molecule has 1 aliphatic heterocycles. The van der Waals surface area contributed by atoms with Crippen LogP contribution in [-0.4, -0.2) is 39.8 Å². The largest absolute Gasteiger partial charge is 0.366 e. The predicted molar refractivity (Wildman–Crippen MR) is 116 cm³/mol. The van der Waals surface area contributed by atoms with E-state index in [9.17, 15) is 14.0 Å². The minimum absolute atomic E-state index is 0.0662. The number of piperidine rings is 1. The second kappa shape index (κ2) is 8.79. The molecule has 6 nitrogen and oxygen atoms in total. The van der Waals surface area contributed by atoms with Gasteiger partial charge in [0.1, 0.15) is 5.82 Å². The second-order valence-electron chi connectivity index (χ2n) is 8.07. The van der Waals surface area contributed by atoms with E-state index in [1.807, 2.05) is 30.0 Å². The lowest BCUT2D eigenvalue weighted by Gasteiger charge is -2.33. The molecule has 2 aromatic heterocycles. The average Bonchev–Trinajstić information content (AvgIpc) is 2.76. The van der Waals surface area contributed by atoms with Crippen molar-refractivity contribution in [2.75, 3.05) is 13.1 Å². The molecule has 0 spiro atoms. The van der Waals surface area contributed by atoms with Crippen molar-refractivity contribution in [3.8, 4) is 0 Å². The molecule has 0 saturated carbocycles. The summed E-state index contributed by atoms with van der Waals surface area (Å²) in [5.74, 6) is -1.01. The third-order valence-electron chi connectivity index (χ3n) is 5.77. The Morgan fingerprint density at radius 3 is 2.81 bits per heavy atom. The minimum Gasteiger partial charge on any atom is -0.366 e. The number of rotatable bonds is 5. The van der Waals surface area contributed by atoms with Crippen LogP contribution < -0.4 is 5.73 Å². The number of halogens is 1. The van der Waals surface area contributed by atoms with Crippen molar-refractivity contribution < 1.29 is 14.0 Å². The maximum Gasteiger partial charge on any atom is 0.250 e. The van der Waals surface area contributed by atoms with Gasteiger partial charge in [-0.25, -0.2) is 4.39 Å². The molecule has 1 fully saturated rings. The summed E-state index contributed by atoms with van der Waals surface area (Å²) in [6.45, 7) is 3.10. The van der Waals surface area contributed by atoms with E-state index in [4.69, 9.17) is 5.73 Å². The molecular formula is C24H25FN4O2. The van der Waals surface area contributed by atoms with Crippen LogP contribution >= 0.6 is 0 Å². The lowest BCUT2D eigenvalue weighted by Crippen LogP contribution is -2.40. The van der Waals surface area contributed by atoms with Gasteiger partial charge in [-0.2, -0.15) is 0 Å². The third kappa shape index (κ3) is 4.71. The van der Waals surface area contributed by atoms with E-state index in [1.165, 1.54) is 12.1 Å². The average molecular weight is 420 g/mol. The predicted octanol–water partition coefficient (Wildman–Crippen LogP) is 3.52. The zero-order valence-corrected chi connectivity index (χ0v) is 17.5. The molecule has 3 aromatic rings. The number of hydrogen-bond donors (Lipinski definition) is 1. The molecule has 0 radical (unpaired) electrons. The van der Waals surface area contributed by atoms with Gasteiger partial charge in [-0.1, -0.05) is 6.07 Å². The summed E-state index contributed by atoms with van der Waals surface area (Å²) in [6.07, 6.45) is 2.61. The van der Waals surface area contributed by atoms with Crippen LogP contribution in [0.3, 0.4) is 0 Å². The summed E-state index contributed by atoms with van der Waals surface area (Å²) in [4.78, 5) is 35.9. The Morgan fingerprint density at radius 1 is 1.19 bits per heavy atom. The van der Waals surface area contributed by atoms with Crippen molar-refractivity contribution in [2.45, 2.75) is 38.5 Å². The molecule has 0 bridgehead atoms. The molecule has 1 saturated heterocycles. The van der Waals surface area contributed by atoms with Crippen LogP contribution in [0.4, 0.5) is 4.39 Å².